The molecule has 2 rings (SSSR count). The van der Waals surface area contributed by atoms with Gasteiger partial charge in [0.25, 0.3) is 0 Å². The second-order valence-electron chi connectivity index (χ2n) is 4.18. The van der Waals surface area contributed by atoms with E-state index in [1.165, 1.54) is 18.3 Å². The second-order valence-corrected chi connectivity index (χ2v) is 4.18. The van der Waals surface area contributed by atoms with Gasteiger partial charge in [0.05, 0.1) is 6.20 Å². The predicted molar refractivity (Wildman–Crippen MR) is 68.0 cm³/mol. The topological polar surface area (TPSA) is 53.1 Å². The van der Waals surface area contributed by atoms with Crippen LogP contribution in [0.1, 0.15) is 6.42 Å². The molecule has 0 unspecified atom stereocenters. The first-order chi connectivity index (χ1) is 9.49. The van der Waals surface area contributed by atoms with Crippen LogP contribution in [0.4, 0.5) is 13.2 Å². The van der Waals surface area contributed by atoms with Crippen LogP contribution in [-0.4, -0.2) is 22.7 Å². The highest BCUT2D eigenvalue weighted by Crippen LogP contribution is 2.33. The average Bonchev–Trinajstić information content (AvgIpc) is 2.83. The van der Waals surface area contributed by atoms with Gasteiger partial charge in [-0.15, -0.1) is 13.2 Å². The SMILES string of the molecule is NCCCn1cc(-c2ccccc2OC(F)(F)F)cn1. The standard InChI is InChI=1S/C13H14F3N3O/c14-13(15,16)20-12-5-2-1-4-11(12)10-8-18-19(9-10)7-3-6-17/h1-2,4-5,8-9H,3,6-7,17H2. The first kappa shape index (κ1) is 14.4. The number of halogens is 3. The minimum atomic E-state index is -4.72. The summed E-state index contributed by atoms with van der Waals surface area (Å²) in [5.74, 6) is -0.238. The minimum absolute atomic E-state index is 0.238. The van der Waals surface area contributed by atoms with E-state index in [9.17, 15) is 13.2 Å². The van der Waals surface area contributed by atoms with Gasteiger partial charge in [-0.2, -0.15) is 5.10 Å². The summed E-state index contributed by atoms with van der Waals surface area (Å²) in [6, 6.07) is 5.98. The number of para-hydroxylation sites is 1. The smallest absolute Gasteiger partial charge is 0.405 e. The Balaban J connectivity index is 2.26. The fourth-order valence-electron chi connectivity index (χ4n) is 1.80. The number of hydrogen-bond acceptors (Lipinski definition) is 3. The molecule has 0 amide bonds. The van der Waals surface area contributed by atoms with Crippen LogP contribution in [0.5, 0.6) is 5.75 Å². The second kappa shape index (κ2) is 5.96. The largest absolute Gasteiger partial charge is 0.573 e. The number of nitrogens with two attached hydrogens (primary N) is 1. The van der Waals surface area contributed by atoms with Gasteiger partial charge in [-0.05, 0) is 19.0 Å². The van der Waals surface area contributed by atoms with Gasteiger partial charge in [-0.1, -0.05) is 18.2 Å². The number of nitrogens with zero attached hydrogens (tertiary/aromatic N) is 2. The number of hydrogen-bond donors (Lipinski definition) is 1. The van der Waals surface area contributed by atoms with Crippen molar-refractivity contribution in [1.82, 2.24) is 9.78 Å². The van der Waals surface area contributed by atoms with Gasteiger partial charge >= 0.3 is 6.36 Å². The molecule has 0 saturated carbocycles. The summed E-state index contributed by atoms with van der Waals surface area (Å²) < 4.78 is 42.7. The highest BCUT2D eigenvalue weighted by molar-refractivity contribution is 5.69. The van der Waals surface area contributed by atoms with Gasteiger partial charge in [-0.25, -0.2) is 0 Å². The van der Waals surface area contributed by atoms with Gasteiger partial charge in [0.2, 0.25) is 0 Å². The molecule has 7 heteroatoms. The summed E-state index contributed by atoms with van der Waals surface area (Å²) in [6.07, 6.45) is -0.781. The van der Waals surface area contributed by atoms with E-state index in [2.05, 4.69) is 9.84 Å². The van der Waals surface area contributed by atoms with Crippen LogP contribution in [0.3, 0.4) is 0 Å². The van der Waals surface area contributed by atoms with Crippen molar-refractivity contribution in [1.29, 1.82) is 0 Å². The lowest BCUT2D eigenvalue weighted by Crippen LogP contribution is -2.17. The molecule has 2 aromatic rings. The highest BCUT2D eigenvalue weighted by atomic mass is 19.4. The van der Waals surface area contributed by atoms with E-state index in [1.54, 1.807) is 23.0 Å². The van der Waals surface area contributed by atoms with Crippen LogP contribution in [0.15, 0.2) is 36.7 Å². The molecule has 2 N–H and O–H groups in total. The average molecular weight is 285 g/mol. The number of alkyl halides is 3. The molecule has 0 saturated heterocycles. The number of aromatic nitrogens is 2. The summed E-state index contributed by atoms with van der Waals surface area (Å²) in [7, 11) is 0. The maximum atomic E-state index is 12.4. The van der Waals surface area contributed by atoms with E-state index in [1.807, 2.05) is 0 Å². The van der Waals surface area contributed by atoms with Crippen LogP contribution >= 0.6 is 0 Å². The van der Waals surface area contributed by atoms with E-state index < -0.39 is 6.36 Å². The third kappa shape index (κ3) is 3.74. The zero-order valence-electron chi connectivity index (χ0n) is 10.6. The van der Waals surface area contributed by atoms with Crippen molar-refractivity contribution in [2.24, 2.45) is 5.73 Å². The van der Waals surface area contributed by atoms with E-state index in [0.29, 0.717) is 24.2 Å². The minimum Gasteiger partial charge on any atom is -0.405 e. The van der Waals surface area contributed by atoms with E-state index in [-0.39, 0.29) is 5.75 Å². The number of ether oxygens (including phenoxy) is 1. The van der Waals surface area contributed by atoms with Crippen LogP contribution in [0.2, 0.25) is 0 Å². The summed E-state index contributed by atoms with van der Waals surface area (Å²) in [5.41, 5.74) is 6.32. The summed E-state index contributed by atoms with van der Waals surface area (Å²) in [5, 5.41) is 4.09. The molecule has 20 heavy (non-hydrogen) atoms. The molecular formula is C13H14F3N3O. The number of rotatable bonds is 5. The Hall–Kier alpha value is -2.02. The Kier molecular flexibility index (Phi) is 4.29. The van der Waals surface area contributed by atoms with Crippen LogP contribution < -0.4 is 10.5 Å². The third-order valence-corrected chi connectivity index (χ3v) is 2.65. The zero-order chi connectivity index (χ0) is 14.6. The van der Waals surface area contributed by atoms with Gasteiger partial charge in [-0.3, -0.25) is 4.68 Å². The predicted octanol–water partition coefficient (Wildman–Crippen LogP) is 2.80. The van der Waals surface area contributed by atoms with Crippen molar-refractivity contribution in [3.8, 4) is 16.9 Å². The van der Waals surface area contributed by atoms with Crippen molar-refractivity contribution in [2.45, 2.75) is 19.3 Å². The quantitative estimate of drug-likeness (QED) is 0.919. The first-order valence-corrected chi connectivity index (χ1v) is 6.07. The van der Waals surface area contributed by atoms with Crippen LogP contribution in [-0.2, 0) is 6.54 Å². The first-order valence-electron chi connectivity index (χ1n) is 6.07. The Bertz CT molecular complexity index is 566. The fourth-order valence-corrected chi connectivity index (χ4v) is 1.80. The number of benzene rings is 1. The maximum absolute atomic E-state index is 12.4. The molecule has 1 heterocycles. The highest BCUT2D eigenvalue weighted by Gasteiger charge is 2.32. The van der Waals surface area contributed by atoms with E-state index in [4.69, 9.17) is 5.73 Å². The van der Waals surface area contributed by atoms with Crippen molar-refractivity contribution in [3.05, 3.63) is 36.7 Å². The normalized spacial score (nSPS) is 11.6. The Morgan fingerprint density at radius 2 is 2.00 bits per heavy atom. The number of aryl methyl sites for hydroxylation is 1. The molecule has 0 aliphatic carbocycles. The molecule has 0 aliphatic rings. The third-order valence-electron chi connectivity index (χ3n) is 2.65. The summed E-state index contributed by atoms with van der Waals surface area (Å²) in [6.45, 7) is 1.15. The molecule has 0 atom stereocenters. The van der Waals surface area contributed by atoms with Crippen LogP contribution in [0.25, 0.3) is 11.1 Å². The summed E-state index contributed by atoms with van der Waals surface area (Å²) >= 11 is 0. The summed E-state index contributed by atoms with van der Waals surface area (Å²) in [4.78, 5) is 0. The molecule has 0 radical (unpaired) electrons. The van der Waals surface area contributed by atoms with E-state index in [0.717, 1.165) is 6.42 Å². The van der Waals surface area contributed by atoms with Gasteiger partial charge in [0, 0.05) is 23.9 Å². The van der Waals surface area contributed by atoms with Crippen molar-refractivity contribution in [3.63, 3.8) is 0 Å². The molecule has 0 aliphatic heterocycles. The zero-order valence-corrected chi connectivity index (χ0v) is 10.6. The van der Waals surface area contributed by atoms with Crippen molar-refractivity contribution in [2.75, 3.05) is 6.54 Å². The van der Waals surface area contributed by atoms with Gasteiger partial charge < -0.3 is 10.5 Å². The Labute approximate surface area is 114 Å². The van der Waals surface area contributed by atoms with Gasteiger partial charge in [0.1, 0.15) is 5.75 Å². The van der Waals surface area contributed by atoms with Crippen molar-refractivity contribution >= 4 is 0 Å². The molecule has 0 bridgehead atoms. The molecule has 1 aromatic heterocycles. The van der Waals surface area contributed by atoms with Crippen molar-refractivity contribution < 1.29 is 17.9 Å². The monoisotopic (exact) mass is 285 g/mol. The molecular weight excluding hydrogens is 271 g/mol. The molecule has 0 spiro atoms. The molecule has 4 nitrogen and oxygen atoms in total. The lowest BCUT2D eigenvalue weighted by Gasteiger charge is -2.12. The Morgan fingerprint density at radius 1 is 1.25 bits per heavy atom. The Morgan fingerprint density at radius 3 is 2.70 bits per heavy atom. The maximum Gasteiger partial charge on any atom is 0.573 e. The van der Waals surface area contributed by atoms with E-state index >= 15 is 0 Å². The van der Waals surface area contributed by atoms with Crippen LogP contribution in [0, 0.1) is 0 Å². The van der Waals surface area contributed by atoms with Gasteiger partial charge in [0.15, 0.2) is 0 Å². The lowest BCUT2D eigenvalue weighted by atomic mass is 10.1. The molecule has 1 aromatic carbocycles. The lowest BCUT2D eigenvalue weighted by molar-refractivity contribution is -0.274. The molecule has 0 fully saturated rings. The fraction of sp³-hybridized carbons (Fsp3) is 0.308. The molecule has 108 valence electrons.